The molecule has 0 aromatic heterocycles. The van der Waals surface area contributed by atoms with Crippen molar-refractivity contribution < 1.29 is 14.3 Å². The second kappa shape index (κ2) is 11.7. The lowest BCUT2D eigenvalue weighted by atomic mass is 10.1. The van der Waals surface area contributed by atoms with Crippen molar-refractivity contribution >= 4 is 17.5 Å². The Morgan fingerprint density at radius 2 is 1.53 bits per heavy atom. The summed E-state index contributed by atoms with van der Waals surface area (Å²) < 4.78 is 5.81. The van der Waals surface area contributed by atoms with Crippen LogP contribution < -0.4 is 15.4 Å². The molecule has 3 aromatic carbocycles. The molecule has 0 saturated carbocycles. The lowest BCUT2D eigenvalue weighted by molar-refractivity contribution is 0.0939. The maximum Gasteiger partial charge on any atom is 0.259 e. The average molecular weight is 431 g/mol. The maximum atomic E-state index is 12.8. The fourth-order valence-corrected chi connectivity index (χ4v) is 3.32. The van der Waals surface area contributed by atoms with E-state index in [0.717, 1.165) is 24.8 Å². The van der Waals surface area contributed by atoms with Gasteiger partial charge in [-0.2, -0.15) is 0 Å². The number of hydrogen-bond acceptors (Lipinski definition) is 3. The first-order chi connectivity index (χ1) is 15.6. The summed E-state index contributed by atoms with van der Waals surface area (Å²) in [5.41, 5.74) is 2.68. The number of carbonyl (C=O) groups is 2. The van der Waals surface area contributed by atoms with Crippen LogP contribution in [-0.4, -0.2) is 18.4 Å². The molecular weight excluding hydrogens is 400 g/mol. The van der Waals surface area contributed by atoms with E-state index < -0.39 is 0 Å². The van der Waals surface area contributed by atoms with Crippen LogP contribution in [-0.2, 0) is 0 Å². The van der Waals surface area contributed by atoms with E-state index in [1.54, 1.807) is 30.3 Å². The van der Waals surface area contributed by atoms with Gasteiger partial charge >= 0.3 is 0 Å². The molecule has 5 heteroatoms. The standard InChI is InChI=1S/C27H30N2O3/c1-3-4-10-19-32-25-14-9-8-13-24(25)27(31)29-23-17-15-22(16-18-23)26(30)28-20(2)21-11-6-5-7-12-21/h5-9,11-18,20H,3-4,10,19H2,1-2H3,(H,28,30)(H,29,31). The number of hydrogen-bond donors (Lipinski definition) is 2. The van der Waals surface area contributed by atoms with E-state index in [4.69, 9.17) is 4.74 Å². The van der Waals surface area contributed by atoms with E-state index in [0.29, 0.717) is 29.2 Å². The van der Waals surface area contributed by atoms with Crippen LogP contribution in [0.3, 0.4) is 0 Å². The van der Waals surface area contributed by atoms with Gasteiger partial charge in [-0.15, -0.1) is 0 Å². The molecule has 0 aliphatic rings. The van der Waals surface area contributed by atoms with E-state index in [2.05, 4.69) is 17.6 Å². The van der Waals surface area contributed by atoms with Gasteiger partial charge in [0.05, 0.1) is 18.2 Å². The number of ether oxygens (including phenoxy) is 1. The smallest absolute Gasteiger partial charge is 0.259 e. The molecule has 0 fully saturated rings. The van der Waals surface area contributed by atoms with Gasteiger partial charge in [0.1, 0.15) is 5.75 Å². The largest absolute Gasteiger partial charge is 0.493 e. The molecule has 0 aliphatic heterocycles. The van der Waals surface area contributed by atoms with Gasteiger partial charge in [0.15, 0.2) is 0 Å². The minimum atomic E-state index is -0.244. The Morgan fingerprint density at radius 1 is 0.844 bits per heavy atom. The molecule has 5 nitrogen and oxygen atoms in total. The first kappa shape index (κ1) is 23.1. The molecule has 32 heavy (non-hydrogen) atoms. The Hall–Kier alpha value is -3.60. The Bertz CT molecular complexity index is 1020. The zero-order valence-electron chi connectivity index (χ0n) is 18.6. The van der Waals surface area contributed by atoms with Gasteiger partial charge in [0.2, 0.25) is 0 Å². The van der Waals surface area contributed by atoms with Gasteiger partial charge in [-0.25, -0.2) is 0 Å². The molecule has 1 unspecified atom stereocenters. The molecule has 1 atom stereocenters. The van der Waals surface area contributed by atoms with Crippen molar-refractivity contribution in [3.63, 3.8) is 0 Å². The summed E-state index contributed by atoms with van der Waals surface area (Å²) in [6, 6.07) is 23.8. The van der Waals surface area contributed by atoms with Crippen molar-refractivity contribution in [1.29, 1.82) is 0 Å². The zero-order valence-corrected chi connectivity index (χ0v) is 18.6. The monoisotopic (exact) mass is 430 g/mol. The molecule has 0 aliphatic carbocycles. The number of nitrogens with one attached hydrogen (secondary N) is 2. The summed E-state index contributed by atoms with van der Waals surface area (Å²) in [5.74, 6) is 0.169. The number of rotatable bonds is 10. The molecule has 0 saturated heterocycles. The van der Waals surface area contributed by atoms with Gasteiger partial charge in [-0.3, -0.25) is 9.59 Å². The fraction of sp³-hybridized carbons (Fsp3) is 0.259. The average Bonchev–Trinajstić information content (AvgIpc) is 2.83. The Balaban J connectivity index is 1.60. The van der Waals surface area contributed by atoms with Gasteiger partial charge in [-0.1, -0.05) is 62.2 Å². The highest BCUT2D eigenvalue weighted by Crippen LogP contribution is 2.21. The quantitative estimate of drug-likeness (QED) is 0.388. The third-order valence-electron chi connectivity index (χ3n) is 5.19. The van der Waals surface area contributed by atoms with Crippen LogP contribution in [0, 0.1) is 0 Å². The number of para-hydroxylation sites is 1. The minimum Gasteiger partial charge on any atom is -0.493 e. The first-order valence-corrected chi connectivity index (χ1v) is 11.1. The van der Waals surface area contributed by atoms with Crippen LogP contribution >= 0.6 is 0 Å². The SMILES string of the molecule is CCCCCOc1ccccc1C(=O)Nc1ccc(C(=O)NC(C)c2ccccc2)cc1. The molecule has 3 rings (SSSR count). The van der Waals surface area contributed by atoms with Crippen molar-refractivity contribution in [3.05, 3.63) is 95.6 Å². The van der Waals surface area contributed by atoms with E-state index in [9.17, 15) is 9.59 Å². The predicted octanol–water partition coefficient (Wildman–Crippen LogP) is 6.00. The van der Waals surface area contributed by atoms with Crippen molar-refractivity contribution in [1.82, 2.24) is 5.32 Å². The minimum absolute atomic E-state index is 0.100. The third kappa shape index (κ3) is 6.45. The number of anilines is 1. The normalized spacial score (nSPS) is 11.4. The lowest BCUT2D eigenvalue weighted by Crippen LogP contribution is -2.26. The summed E-state index contributed by atoms with van der Waals surface area (Å²) in [6.45, 7) is 4.67. The molecule has 3 aromatic rings. The van der Waals surface area contributed by atoms with Gasteiger partial charge < -0.3 is 15.4 Å². The zero-order chi connectivity index (χ0) is 22.8. The molecule has 0 radical (unpaired) electrons. The Morgan fingerprint density at radius 3 is 2.25 bits per heavy atom. The van der Waals surface area contributed by atoms with Crippen LogP contribution in [0.5, 0.6) is 5.75 Å². The van der Waals surface area contributed by atoms with Crippen LogP contribution in [0.2, 0.25) is 0 Å². The number of unbranched alkanes of at least 4 members (excludes halogenated alkanes) is 2. The second-order valence-electron chi connectivity index (χ2n) is 7.69. The number of benzene rings is 3. The summed E-state index contributed by atoms with van der Waals surface area (Å²) in [6.07, 6.45) is 3.17. The highest BCUT2D eigenvalue weighted by Gasteiger charge is 2.14. The Kier molecular flexibility index (Phi) is 8.44. The lowest BCUT2D eigenvalue weighted by Gasteiger charge is -2.15. The fourth-order valence-electron chi connectivity index (χ4n) is 3.32. The highest BCUT2D eigenvalue weighted by molar-refractivity contribution is 6.06. The van der Waals surface area contributed by atoms with Crippen LogP contribution in [0.1, 0.15) is 65.4 Å². The summed E-state index contributed by atoms with van der Waals surface area (Å²) >= 11 is 0. The maximum absolute atomic E-state index is 12.8. The summed E-state index contributed by atoms with van der Waals surface area (Å²) in [5, 5.41) is 5.87. The van der Waals surface area contributed by atoms with Gasteiger partial charge in [0.25, 0.3) is 11.8 Å². The van der Waals surface area contributed by atoms with Crippen molar-refractivity contribution in [2.24, 2.45) is 0 Å². The molecule has 2 N–H and O–H groups in total. The molecular formula is C27H30N2O3. The van der Waals surface area contributed by atoms with Crippen molar-refractivity contribution in [2.75, 3.05) is 11.9 Å². The predicted molar refractivity (Wildman–Crippen MR) is 128 cm³/mol. The van der Waals surface area contributed by atoms with Gasteiger partial charge in [-0.05, 0) is 55.3 Å². The molecule has 166 valence electrons. The molecule has 2 amide bonds. The van der Waals surface area contributed by atoms with E-state index >= 15 is 0 Å². The third-order valence-corrected chi connectivity index (χ3v) is 5.19. The topological polar surface area (TPSA) is 67.4 Å². The first-order valence-electron chi connectivity index (χ1n) is 11.1. The van der Waals surface area contributed by atoms with E-state index in [1.165, 1.54) is 0 Å². The number of amides is 2. The van der Waals surface area contributed by atoms with Crippen LogP contribution in [0.15, 0.2) is 78.9 Å². The Labute approximate surface area is 189 Å². The van der Waals surface area contributed by atoms with Gasteiger partial charge in [0, 0.05) is 11.3 Å². The van der Waals surface area contributed by atoms with Crippen molar-refractivity contribution in [3.8, 4) is 5.75 Å². The van der Waals surface area contributed by atoms with E-state index in [-0.39, 0.29) is 17.9 Å². The van der Waals surface area contributed by atoms with Crippen LogP contribution in [0.25, 0.3) is 0 Å². The van der Waals surface area contributed by atoms with Crippen LogP contribution in [0.4, 0.5) is 5.69 Å². The van der Waals surface area contributed by atoms with E-state index in [1.807, 2.05) is 55.5 Å². The molecule has 0 spiro atoms. The summed E-state index contributed by atoms with van der Waals surface area (Å²) in [4.78, 5) is 25.3. The van der Waals surface area contributed by atoms with Crippen molar-refractivity contribution in [2.45, 2.75) is 39.2 Å². The summed E-state index contributed by atoms with van der Waals surface area (Å²) in [7, 11) is 0. The second-order valence-corrected chi connectivity index (χ2v) is 7.69. The number of carbonyl (C=O) groups excluding carboxylic acids is 2. The molecule has 0 bridgehead atoms. The molecule has 0 heterocycles. The highest BCUT2D eigenvalue weighted by atomic mass is 16.5.